The first-order valence-corrected chi connectivity index (χ1v) is 6.70. The van der Waals surface area contributed by atoms with Crippen LogP contribution in [0.4, 0.5) is 5.69 Å². The van der Waals surface area contributed by atoms with Crippen molar-refractivity contribution in [2.45, 2.75) is 37.6 Å². The van der Waals surface area contributed by atoms with Gasteiger partial charge in [-0.25, -0.2) is 0 Å². The van der Waals surface area contributed by atoms with Crippen LogP contribution in [0, 0.1) is 11.3 Å². The van der Waals surface area contributed by atoms with E-state index in [2.05, 4.69) is 6.07 Å². The third kappa shape index (κ3) is 2.94. The zero-order chi connectivity index (χ0) is 13.7. The quantitative estimate of drug-likeness (QED) is 0.899. The summed E-state index contributed by atoms with van der Waals surface area (Å²) in [5, 5.41) is 8.75. The lowest BCUT2D eigenvalue weighted by Crippen LogP contribution is -2.54. The predicted molar refractivity (Wildman–Crippen MR) is 74.4 cm³/mol. The molecule has 0 unspecified atom stereocenters. The van der Waals surface area contributed by atoms with Crippen molar-refractivity contribution in [3.63, 3.8) is 0 Å². The smallest absolute Gasteiger partial charge is 0.247 e. The molecule has 0 aromatic heterocycles. The molecule has 1 aromatic rings. The Morgan fingerprint density at radius 1 is 1.32 bits per heavy atom. The van der Waals surface area contributed by atoms with Crippen molar-refractivity contribution in [1.82, 2.24) is 0 Å². The third-order valence-corrected chi connectivity index (χ3v) is 3.68. The molecular formula is C15H19N3O. The van der Waals surface area contributed by atoms with E-state index in [0.29, 0.717) is 13.0 Å². The molecule has 4 heteroatoms. The van der Waals surface area contributed by atoms with Crippen molar-refractivity contribution in [1.29, 1.82) is 5.26 Å². The molecule has 0 saturated heterocycles. The molecular weight excluding hydrogens is 238 g/mol. The molecule has 0 heterocycles. The Morgan fingerprint density at radius 3 is 2.53 bits per heavy atom. The minimum atomic E-state index is -0.745. The van der Waals surface area contributed by atoms with Gasteiger partial charge in [-0.1, -0.05) is 31.0 Å². The lowest BCUT2D eigenvalue weighted by molar-refractivity contribution is -0.123. The van der Waals surface area contributed by atoms with E-state index in [-0.39, 0.29) is 5.91 Å². The number of hydrogen-bond acceptors (Lipinski definition) is 3. The van der Waals surface area contributed by atoms with Gasteiger partial charge in [0.1, 0.15) is 0 Å². The Hall–Kier alpha value is -1.86. The first kappa shape index (κ1) is 13.6. The second-order valence-corrected chi connectivity index (χ2v) is 5.06. The first-order chi connectivity index (χ1) is 9.17. The van der Waals surface area contributed by atoms with E-state index in [1.165, 1.54) is 0 Å². The van der Waals surface area contributed by atoms with E-state index >= 15 is 0 Å². The molecule has 1 aliphatic carbocycles. The van der Waals surface area contributed by atoms with Gasteiger partial charge in [0.15, 0.2) is 0 Å². The molecule has 0 radical (unpaired) electrons. The Labute approximate surface area is 113 Å². The second-order valence-electron chi connectivity index (χ2n) is 5.06. The zero-order valence-corrected chi connectivity index (χ0v) is 11.0. The highest BCUT2D eigenvalue weighted by atomic mass is 16.2. The number of hydrogen-bond donors (Lipinski definition) is 1. The summed E-state index contributed by atoms with van der Waals surface area (Å²) in [6.07, 6.45) is 3.80. The predicted octanol–water partition coefficient (Wildman–Crippen LogP) is 2.20. The van der Waals surface area contributed by atoms with Gasteiger partial charge in [-0.15, -0.1) is 0 Å². The highest BCUT2D eigenvalue weighted by Crippen LogP contribution is 2.30. The Balaban J connectivity index is 2.23. The Bertz CT molecular complexity index is 472. The molecule has 1 amide bonds. The van der Waals surface area contributed by atoms with Crippen molar-refractivity contribution in [2.75, 3.05) is 11.4 Å². The van der Waals surface area contributed by atoms with E-state index in [1.807, 2.05) is 30.3 Å². The van der Waals surface area contributed by atoms with Crippen LogP contribution in [-0.2, 0) is 4.79 Å². The highest BCUT2D eigenvalue weighted by Gasteiger charge is 2.40. The molecule has 1 aromatic carbocycles. The van der Waals surface area contributed by atoms with E-state index in [1.54, 1.807) is 4.90 Å². The minimum absolute atomic E-state index is 0.0496. The fourth-order valence-electron chi connectivity index (χ4n) is 2.61. The molecule has 0 spiro atoms. The fraction of sp³-hybridized carbons (Fsp3) is 0.467. The van der Waals surface area contributed by atoms with Gasteiger partial charge in [-0.05, 0) is 25.0 Å². The maximum absolute atomic E-state index is 12.7. The number of para-hydroxylation sites is 1. The number of nitrogens with two attached hydrogens (primary N) is 1. The van der Waals surface area contributed by atoms with E-state index < -0.39 is 5.54 Å². The number of carbonyl (C=O) groups excluding carboxylic acids is 1. The third-order valence-electron chi connectivity index (χ3n) is 3.68. The molecule has 2 rings (SSSR count). The average Bonchev–Trinajstić information content (AvgIpc) is 2.88. The summed E-state index contributed by atoms with van der Waals surface area (Å²) in [5.74, 6) is -0.0496. The molecule has 0 aliphatic heterocycles. The van der Waals surface area contributed by atoms with Crippen LogP contribution in [0.2, 0.25) is 0 Å². The van der Waals surface area contributed by atoms with Crippen molar-refractivity contribution < 1.29 is 4.79 Å². The van der Waals surface area contributed by atoms with E-state index in [0.717, 1.165) is 31.4 Å². The van der Waals surface area contributed by atoms with Gasteiger partial charge in [-0.3, -0.25) is 4.79 Å². The van der Waals surface area contributed by atoms with Gasteiger partial charge in [0.05, 0.1) is 18.0 Å². The maximum atomic E-state index is 12.7. The average molecular weight is 257 g/mol. The largest absolute Gasteiger partial charge is 0.317 e. The van der Waals surface area contributed by atoms with Crippen LogP contribution in [0.3, 0.4) is 0 Å². The van der Waals surface area contributed by atoms with Crippen LogP contribution in [0.5, 0.6) is 0 Å². The van der Waals surface area contributed by atoms with Crippen molar-refractivity contribution in [2.24, 2.45) is 5.73 Å². The van der Waals surface area contributed by atoms with Crippen molar-refractivity contribution in [3.05, 3.63) is 30.3 Å². The topological polar surface area (TPSA) is 70.1 Å². The number of nitriles is 1. The monoisotopic (exact) mass is 257 g/mol. The maximum Gasteiger partial charge on any atom is 0.247 e. The number of benzene rings is 1. The standard InChI is InChI=1S/C15H19N3O/c16-11-6-12-18(13-7-2-1-3-8-13)14(19)15(17)9-4-5-10-15/h1-3,7-8H,4-6,9-10,12,17H2. The number of rotatable bonds is 4. The van der Waals surface area contributed by atoms with Gasteiger partial charge >= 0.3 is 0 Å². The molecule has 19 heavy (non-hydrogen) atoms. The summed E-state index contributed by atoms with van der Waals surface area (Å²) in [6.45, 7) is 0.401. The number of anilines is 1. The highest BCUT2D eigenvalue weighted by molar-refractivity contribution is 6.00. The van der Waals surface area contributed by atoms with Crippen LogP contribution in [0.1, 0.15) is 32.1 Å². The Morgan fingerprint density at radius 2 is 1.95 bits per heavy atom. The summed E-state index contributed by atoms with van der Waals surface area (Å²) in [7, 11) is 0. The van der Waals surface area contributed by atoms with Gasteiger partial charge in [0, 0.05) is 12.2 Å². The van der Waals surface area contributed by atoms with Crippen LogP contribution in [0.25, 0.3) is 0 Å². The van der Waals surface area contributed by atoms with Gasteiger partial charge < -0.3 is 10.6 Å². The molecule has 1 fully saturated rings. The Kier molecular flexibility index (Phi) is 4.18. The minimum Gasteiger partial charge on any atom is -0.317 e. The molecule has 100 valence electrons. The van der Waals surface area contributed by atoms with Crippen LogP contribution in [0.15, 0.2) is 30.3 Å². The zero-order valence-electron chi connectivity index (χ0n) is 11.0. The SMILES string of the molecule is N#CCCN(C(=O)C1(N)CCCC1)c1ccccc1. The summed E-state index contributed by atoms with van der Waals surface area (Å²) in [4.78, 5) is 14.3. The van der Waals surface area contributed by atoms with Gasteiger partial charge in [0.25, 0.3) is 0 Å². The van der Waals surface area contributed by atoms with Crippen LogP contribution < -0.4 is 10.6 Å². The second kappa shape index (κ2) is 5.85. The normalized spacial score (nSPS) is 16.8. The molecule has 1 saturated carbocycles. The molecule has 2 N–H and O–H groups in total. The summed E-state index contributed by atoms with van der Waals surface area (Å²) in [6, 6.07) is 11.5. The molecule has 1 aliphatic rings. The number of carbonyl (C=O) groups is 1. The lowest BCUT2D eigenvalue weighted by Gasteiger charge is -2.31. The molecule has 0 atom stereocenters. The summed E-state index contributed by atoms with van der Waals surface area (Å²) in [5.41, 5.74) is 6.31. The lowest BCUT2D eigenvalue weighted by atomic mass is 9.96. The number of amides is 1. The molecule has 0 bridgehead atoms. The first-order valence-electron chi connectivity index (χ1n) is 6.70. The fourth-order valence-corrected chi connectivity index (χ4v) is 2.61. The summed E-state index contributed by atoms with van der Waals surface area (Å²) >= 11 is 0. The number of nitrogens with zero attached hydrogens (tertiary/aromatic N) is 2. The van der Waals surface area contributed by atoms with Crippen LogP contribution in [-0.4, -0.2) is 18.0 Å². The van der Waals surface area contributed by atoms with Gasteiger partial charge in [-0.2, -0.15) is 5.26 Å². The van der Waals surface area contributed by atoms with Crippen molar-refractivity contribution >= 4 is 11.6 Å². The van der Waals surface area contributed by atoms with E-state index in [4.69, 9.17) is 11.0 Å². The van der Waals surface area contributed by atoms with E-state index in [9.17, 15) is 4.79 Å². The van der Waals surface area contributed by atoms with Crippen LogP contribution >= 0.6 is 0 Å². The van der Waals surface area contributed by atoms with Gasteiger partial charge in [0.2, 0.25) is 5.91 Å². The van der Waals surface area contributed by atoms with Crippen molar-refractivity contribution in [3.8, 4) is 6.07 Å². The summed E-state index contributed by atoms with van der Waals surface area (Å²) < 4.78 is 0. The molecule has 4 nitrogen and oxygen atoms in total.